The van der Waals surface area contributed by atoms with E-state index < -0.39 is 0 Å². The lowest BCUT2D eigenvalue weighted by Gasteiger charge is -2.04. The van der Waals surface area contributed by atoms with Crippen LogP contribution in [-0.2, 0) is 6.42 Å². The molecule has 1 aliphatic carbocycles. The molecule has 0 unspecified atom stereocenters. The van der Waals surface area contributed by atoms with Crippen LogP contribution in [0.15, 0.2) is 10.6 Å². The summed E-state index contributed by atoms with van der Waals surface area (Å²) in [6.07, 6.45) is 5.61. The van der Waals surface area contributed by atoms with Crippen LogP contribution in [-0.4, -0.2) is 17.6 Å². The molecular weight excluding hydrogens is 168 g/mol. The standard InChI is InChI=1S/C9H14N2O2/c1-12-8-6-11-7(13-8)2-3-9(10)4-5-9/h6H,2-5,10H2,1H3. The molecular formula is C9H14N2O2. The van der Waals surface area contributed by atoms with Gasteiger partial charge in [-0.25, -0.2) is 4.98 Å². The number of rotatable bonds is 4. The highest BCUT2D eigenvalue weighted by atomic mass is 16.6. The van der Waals surface area contributed by atoms with Crippen LogP contribution in [0.1, 0.15) is 25.2 Å². The second kappa shape index (κ2) is 3.03. The summed E-state index contributed by atoms with van der Waals surface area (Å²) in [6, 6.07) is 0. The van der Waals surface area contributed by atoms with Crippen LogP contribution in [0.25, 0.3) is 0 Å². The molecule has 0 aromatic carbocycles. The molecule has 0 amide bonds. The van der Waals surface area contributed by atoms with Crippen molar-refractivity contribution >= 4 is 0 Å². The molecule has 1 fully saturated rings. The quantitative estimate of drug-likeness (QED) is 0.757. The molecule has 1 heterocycles. The maximum absolute atomic E-state index is 5.93. The van der Waals surface area contributed by atoms with Crippen LogP contribution >= 0.6 is 0 Å². The van der Waals surface area contributed by atoms with Crippen LogP contribution in [0.4, 0.5) is 0 Å². The van der Waals surface area contributed by atoms with Crippen molar-refractivity contribution < 1.29 is 9.15 Å². The van der Waals surface area contributed by atoms with Crippen LogP contribution in [0.2, 0.25) is 0 Å². The van der Waals surface area contributed by atoms with E-state index in [-0.39, 0.29) is 5.54 Å². The van der Waals surface area contributed by atoms with Crippen molar-refractivity contribution in [1.29, 1.82) is 0 Å². The fraction of sp³-hybridized carbons (Fsp3) is 0.667. The highest BCUT2D eigenvalue weighted by Gasteiger charge is 2.37. The number of ether oxygens (including phenoxy) is 1. The maximum Gasteiger partial charge on any atom is 0.304 e. The molecule has 13 heavy (non-hydrogen) atoms. The Morgan fingerprint density at radius 2 is 2.46 bits per heavy atom. The normalized spacial score (nSPS) is 18.6. The van der Waals surface area contributed by atoms with Gasteiger partial charge in [0.25, 0.3) is 0 Å². The zero-order chi connectivity index (χ0) is 9.31. The Labute approximate surface area is 77.1 Å². The Morgan fingerprint density at radius 3 is 3.00 bits per heavy atom. The number of nitrogens with two attached hydrogens (primary N) is 1. The van der Waals surface area contributed by atoms with Crippen molar-refractivity contribution in [2.45, 2.75) is 31.2 Å². The first-order valence-corrected chi connectivity index (χ1v) is 4.49. The third-order valence-electron chi connectivity index (χ3n) is 2.46. The van der Waals surface area contributed by atoms with Crippen LogP contribution in [0.5, 0.6) is 5.95 Å². The van der Waals surface area contributed by atoms with Gasteiger partial charge in [-0.2, -0.15) is 0 Å². The number of nitrogens with zero attached hydrogens (tertiary/aromatic N) is 1. The van der Waals surface area contributed by atoms with Gasteiger partial charge in [0.15, 0.2) is 5.89 Å². The predicted molar refractivity (Wildman–Crippen MR) is 47.5 cm³/mol. The fourth-order valence-electron chi connectivity index (χ4n) is 1.27. The molecule has 2 N–H and O–H groups in total. The van der Waals surface area contributed by atoms with E-state index in [1.54, 1.807) is 13.3 Å². The summed E-state index contributed by atoms with van der Waals surface area (Å²) in [5.74, 6) is 1.19. The van der Waals surface area contributed by atoms with Crippen molar-refractivity contribution in [2.24, 2.45) is 5.73 Å². The van der Waals surface area contributed by atoms with Gasteiger partial charge in [0, 0.05) is 12.0 Å². The molecule has 1 aliphatic rings. The molecule has 0 spiro atoms. The van der Waals surface area contributed by atoms with Crippen molar-refractivity contribution in [2.75, 3.05) is 7.11 Å². The van der Waals surface area contributed by atoms with Gasteiger partial charge in [-0.15, -0.1) is 0 Å². The third-order valence-corrected chi connectivity index (χ3v) is 2.46. The summed E-state index contributed by atoms with van der Waals surface area (Å²) in [6.45, 7) is 0. The molecule has 2 rings (SSSR count). The third kappa shape index (κ3) is 2.01. The summed E-state index contributed by atoms with van der Waals surface area (Å²) >= 11 is 0. The minimum absolute atomic E-state index is 0.0711. The fourth-order valence-corrected chi connectivity index (χ4v) is 1.27. The van der Waals surface area contributed by atoms with Gasteiger partial charge in [0.2, 0.25) is 0 Å². The van der Waals surface area contributed by atoms with E-state index in [4.69, 9.17) is 14.9 Å². The van der Waals surface area contributed by atoms with Crippen molar-refractivity contribution in [3.05, 3.63) is 12.1 Å². The van der Waals surface area contributed by atoms with Gasteiger partial charge in [-0.1, -0.05) is 0 Å². The van der Waals surface area contributed by atoms with E-state index in [1.807, 2.05) is 0 Å². The Kier molecular flexibility index (Phi) is 2.00. The summed E-state index contributed by atoms with van der Waals surface area (Å²) in [7, 11) is 1.57. The Balaban J connectivity index is 1.87. The first kappa shape index (κ1) is 8.56. The number of oxazole rings is 1. The summed E-state index contributed by atoms with van der Waals surface area (Å²) in [4.78, 5) is 4.07. The zero-order valence-corrected chi connectivity index (χ0v) is 7.75. The second-order valence-corrected chi connectivity index (χ2v) is 3.64. The molecule has 1 saturated carbocycles. The first-order valence-electron chi connectivity index (χ1n) is 4.49. The largest absolute Gasteiger partial charge is 0.467 e. The number of hydrogen-bond acceptors (Lipinski definition) is 4. The summed E-state index contributed by atoms with van der Waals surface area (Å²) in [5, 5.41) is 0. The van der Waals surface area contributed by atoms with Gasteiger partial charge in [0.05, 0.1) is 7.11 Å². The first-order chi connectivity index (χ1) is 6.22. The lowest BCUT2D eigenvalue weighted by atomic mass is 10.1. The van der Waals surface area contributed by atoms with Crippen molar-refractivity contribution in [3.8, 4) is 5.95 Å². The van der Waals surface area contributed by atoms with Crippen LogP contribution < -0.4 is 10.5 Å². The van der Waals surface area contributed by atoms with E-state index in [1.165, 1.54) is 0 Å². The number of methoxy groups -OCH3 is 1. The summed E-state index contributed by atoms with van der Waals surface area (Å²) < 4.78 is 10.1. The molecule has 4 nitrogen and oxygen atoms in total. The molecule has 0 bridgehead atoms. The Bertz CT molecular complexity index is 292. The van der Waals surface area contributed by atoms with Crippen molar-refractivity contribution in [1.82, 2.24) is 4.98 Å². The topological polar surface area (TPSA) is 61.3 Å². The van der Waals surface area contributed by atoms with E-state index >= 15 is 0 Å². The number of hydrogen-bond donors (Lipinski definition) is 1. The van der Waals surface area contributed by atoms with Crippen LogP contribution in [0.3, 0.4) is 0 Å². The monoisotopic (exact) mass is 182 g/mol. The predicted octanol–water partition coefficient (Wildman–Crippen LogP) is 1.11. The highest BCUT2D eigenvalue weighted by Crippen LogP contribution is 2.36. The van der Waals surface area contributed by atoms with Crippen molar-refractivity contribution in [3.63, 3.8) is 0 Å². The Hall–Kier alpha value is -1.03. The van der Waals surface area contributed by atoms with Gasteiger partial charge in [0.1, 0.15) is 6.20 Å². The molecule has 0 atom stereocenters. The average Bonchev–Trinajstić information content (AvgIpc) is 2.69. The van der Waals surface area contributed by atoms with E-state index in [2.05, 4.69) is 4.98 Å². The number of aryl methyl sites for hydroxylation is 1. The van der Waals surface area contributed by atoms with Gasteiger partial charge < -0.3 is 14.9 Å². The number of aromatic nitrogens is 1. The molecule has 0 saturated heterocycles. The highest BCUT2D eigenvalue weighted by molar-refractivity contribution is 5.03. The maximum atomic E-state index is 5.93. The lowest BCUT2D eigenvalue weighted by molar-refractivity contribution is 0.291. The van der Waals surface area contributed by atoms with Gasteiger partial charge >= 0.3 is 5.95 Å². The average molecular weight is 182 g/mol. The van der Waals surface area contributed by atoms with Crippen LogP contribution in [0, 0.1) is 0 Å². The zero-order valence-electron chi connectivity index (χ0n) is 7.75. The van der Waals surface area contributed by atoms with Gasteiger partial charge in [-0.3, -0.25) is 0 Å². The molecule has 4 heteroatoms. The Morgan fingerprint density at radius 1 is 1.69 bits per heavy atom. The smallest absolute Gasteiger partial charge is 0.304 e. The molecule has 0 radical (unpaired) electrons. The minimum Gasteiger partial charge on any atom is -0.467 e. The van der Waals surface area contributed by atoms with E-state index in [0.29, 0.717) is 11.8 Å². The second-order valence-electron chi connectivity index (χ2n) is 3.64. The molecule has 1 aromatic rings. The minimum atomic E-state index is 0.0711. The SMILES string of the molecule is COc1cnc(CCC2(N)CC2)o1. The lowest BCUT2D eigenvalue weighted by Crippen LogP contribution is -2.22. The van der Waals surface area contributed by atoms with E-state index in [9.17, 15) is 0 Å². The molecule has 0 aliphatic heterocycles. The van der Waals surface area contributed by atoms with E-state index in [0.717, 1.165) is 25.7 Å². The van der Waals surface area contributed by atoms with Gasteiger partial charge in [-0.05, 0) is 19.3 Å². The molecule has 1 aromatic heterocycles. The summed E-state index contributed by atoms with van der Waals surface area (Å²) in [5.41, 5.74) is 6.00. The molecule has 72 valence electrons.